The van der Waals surface area contributed by atoms with Gasteiger partial charge in [-0.25, -0.2) is 0 Å². The summed E-state index contributed by atoms with van der Waals surface area (Å²) in [6, 6.07) is 1.69. The number of aromatic amines is 1. The van der Waals surface area contributed by atoms with Gasteiger partial charge in [-0.2, -0.15) is 5.10 Å². The second-order valence-electron chi connectivity index (χ2n) is 3.37. The third-order valence-electron chi connectivity index (χ3n) is 2.06. The Morgan fingerprint density at radius 2 is 2.24 bits per heavy atom. The van der Waals surface area contributed by atoms with Crippen LogP contribution < -0.4 is 11.1 Å². The van der Waals surface area contributed by atoms with E-state index in [1.807, 2.05) is 25.8 Å². The van der Waals surface area contributed by atoms with Gasteiger partial charge in [0.15, 0.2) is 5.78 Å². The van der Waals surface area contributed by atoms with E-state index in [2.05, 4.69) is 15.5 Å². The molecule has 6 nitrogen and oxygen atoms in total. The highest BCUT2D eigenvalue weighted by Crippen LogP contribution is 2.05. The normalized spacial score (nSPS) is 9.76. The van der Waals surface area contributed by atoms with Gasteiger partial charge in [-0.1, -0.05) is 13.8 Å². The first kappa shape index (κ1) is 15.6. The van der Waals surface area contributed by atoms with Gasteiger partial charge >= 0.3 is 0 Å². The van der Waals surface area contributed by atoms with E-state index in [1.165, 1.54) is 0 Å². The number of Topliss-reactive ketones (excluding diaryl/α,β-unsaturated/α-hetero) is 1. The average Bonchev–Trinajstić information content (AvgIpc) is 2.80. The third-order valence-corrected chi connectivity index (χ3v) is 2.06. The van der Waals surface area contributed by atoms with Crippen LogP contribution in [0.2, 0.25) is 0 Å². The van der Waals surface area contributed by atoms with Crippen molar-refractivity contribution in [3.05, 3.63) is 11.8 Å². The van der Waals surface area contributed by atoms with E-state index in [1.54, 1.807) is 13.1 Å². The van der Waals surface area contributed by atoms with Crippen molar-refractivity contribution < 1.29 is 4.79 Å². The summed E-state index contributed by atoms with van der Waals surface area (Å²) in [5, 5.41) is 9.45. The molecule has 0 unspecified atom stereocenters. The number of hydrogen-bond donors (Lipinski definition) is 3. The van der Waals surface area contributed by atoms with Crippen LogP contribution in [0.1, 0.15) is 24.3 Å². The Morgan fingerprint density at radius 3 is 2.71 bits per heavy atom. The second kappa shape index (κ2) is 8.72. The molecule has 0 saturated heterocycles. The summed E-state index contributed by atoms with van der Waals surface area (Å²) in [5.41, 5.74) is 5.90. The van der Waals surface area contributed by atoms with Crippen molar-refractivity contribution in [2.75, 3.05) is 39.0 Å². The fraction of sp³-hybridized carbons (Fsp3) is 0.636. The van der Waals surface area contributed by atoms with Crippen molar-refractivity contribution in [3.8, 4) is 0 Å². The minimum atomic E-state index is 0.0138. The lowest BCUT2D eigenvalue weighted by Crippen LogP contribution is -2.30. The molecule has 98 valence electrons. The van der Waals surface area contributed by atoms with Crippen LogP contribution in [0.15, 0.2) is 6.07 Å². The van der Waals surface area contributed by atoms with E-state index in [4.69, 9.17) is 5.73 Å². The van der Waals surface area contributed by atoms with Crippen LogP contribution in [0.4, 0.5) is 5.82 Å². The summed E-state index contributed by atoms with van der Waals surface area (Å²) in [7, 11) is 3.62. The molecular formula is C11H23N5O. The Kier molecular flexibility index (Phi) is 8.00. The molecule has 1 aromatic rings. The highest BCUT2D eigenvalue weighted by Gasteiger charge is 2.11. The van der Waals surface area contributed by atoms with Crippen molar-refractivity contribution in [2.45, 2.75) is 13.8 Å². The van der Waals surface area contributed by atoms with E-state index in [0.29, 0.717) is 31.1 Å². The molecule has 0 spiro atoms. The molecule has 6 heteroatoms. The summed E-state index contributed by atoms with van der Waals surface area (Å²) in [5.74, 6) is 0.680. The Bertz CT molecular complexity index is 323. The fourth-order valence-corrected chi connectivity index (χ4v) is 1.22. The number of ketones is 1. The van der Waals surface area contributed by atoms with Gasteiger partial charge < -0.3 is 11.1 Å². The van der Waals surface area contributed by atoms with Crippen LogP contribution in [-0.4, -0.2) is 54.6 Å². The van der Waals surface area contributed by atoms with Gasteiger partial charge in [-0.3, -0.25) is 14.8 Å². The molecule has 0 atom stereocenters. The first-order valence-electron chi connectivity index (χ1n) is 5.82. The Labute approximate surface area is 103 Å². The number of hydrogen-bond acceptors (Lipinski definition) is 5. The summed E-state index contributed by atoms with van der Waals surface area (Å²) in [4.78, 5) is 13.6. The fourth-order valence-electron chi connectivity index (χ4n) is 1.22. The van der Waals surface area contributed by atoms with Crippen molar-refractivity contribution in [1.82, 2.24) is 15.1 Å². The number of H-pyrrole nitrogens is 1. The van der Waals surface area contributed by atoms with Crippen molar-refractivity contribution in [3.63, 3.8) is 0 Å². The van der Waals surface area contributed by atoms with E-state index < -0.39 is 0 Å². The third kappa shape index (κ3) is 5.46. The first-order valence-corrected chi connectivity index (χ1v) is 5.82. The predicted molar refractivity (Wildman–Crippen MR) is 70.4 cm³/mol. The molecule has 0 aliphatic rings. The van der Waals surface area contributed by atoms with E-state index in [-0.39, 0.29) is 5.78 Å². The first-order chi connectivity index (χ1) is 8.17. The average molecular weight is 241 g/mol. The van der Waals surface area contributed by atoms with E-state index in [9.17, 15) is 4.79 Å². The maximum atomic E-state index is 11.7. The molecular weight excluding hydrogens is 218 g/mol. The molecule has 4 N–H and O–H groups in total. The van der Waals surface area contributed by atoms with E-state index in [0.717, 1.165) is 0 Å². The largest absolute Gasteiger partial charge is 0.372 e. The highest BCUT2D eigenvalue weighted by atomic mass is 16.1. The van der Waals surface area contributed by atoms with Crippen LogP contribution >= 0.6 is 0 Å². The number of likely N-dealkylation sites (N-methyl/N-ethyl adjacent to an activating group) is 1. The topological polar surface area (TPSA) is 87.0 Å². The lowest BCUT2D eigenvalue weighted by Gasteiger charge is -2.12. The lowest BCUT2D eigenvalue weighted by atomic mass is 10.2. The van der Waals surface area contributed by atoms with Crippen LogP contribution in [0.25, 0.3) is 0 Å². The molecule has 0 saturated carbocycles. The Balaban J connectivity index is 0.00000121. The number of nitrogens with two attached hydrogens (primary N) is 1. The van der Waals surface area contributed by atoms with Crippen molar-refractivity contribution >= 4 is 11.6 Å². The SMILES string of the molecule is CC.CNc1cc(C(=O)CN(C)CCN)[nH]n1. The number of aromatic nitrogens is 2. The molecule has 0 aliphatic carbocycles. The molecule has 0 aliphatic heterocycles. The molecule has 0 fully saturated rings. The number of rotatable bonds is 6. The van der Waals surface area contributed by atoms with Gasteiger partial charge in [0.2, 0.25) is 0 Å². The van der Waals surface area contributed by atoms with Gasteiger partial charge in [0.25, 0.3) is 0 Å². The minimum absolute atomic E-state index is 0.0138. The number of carbonyl (C=O) groups excluding carboxylic acids is 1. The zero-order chi connectivity index (χ0) is 13.3. The molecule has 1 rings (SSSR count). The maximum absolute atomic E-state index is 11.7. The highest BCUT2D eigenvalue weighted by molar-refractivity contribution is 5.96. The lowest BCUT2D eigenvalue weighted by molar-refractivity contribution is 0.0943. The summed E-state index contributed by atoms with van der Waals surface area (Å²) >= 11 is 0. The second-order valence-corrected chi connectivity index (χ2v) is 3.37. The molecule has 0 amide bonds. The zero-order valence-corrected chi connectivity index (χ0v) is 11.1. The standard InChI is InChI=1S/C9H17N5O.C2H6/c1-11-9-5-7(12-13-9)8(15)6-14(2)4-3-10;1-2/h5H,3-4,6,10H2,1-2H3,(H2,11,12,13);1-2H3. The Morgan fingerprint density at radius 1 is 1.59 bits per heavy atom. The number of nitrogens with zero attached hydrogens (tertiary/aromatic N) is 2. The minimum Gasteiger partial charge on any atom is -0.372 e. The zero-order valence-electron chi connectivity index (χ0n) is 11.1. The maximum Gasteiger partial charge on any atom is 0.194 e. The molecule has 0 bridgehead atoms. The van der Waals surface area contributed by atoms with Gasteiger partial charge in [0, 0.05) is 26.2 Å². The molecule has 1 heterocycles. The summed E-state index contributed by atoms with van der Waals surface area (Å²) in [6.45, 7) is 5.61. The molecule has 17 heavy (non-hydrogen) atoms. The Hall–Kier alpha value is -1.40. The van der Waals surface area contributed by atoms with Crippen LogP contribution in [0, 0.1) is 0 Å². The molecule has 1 aromatic heterocycles. The number of nitrogens with one attached hydrogen (secondary N) is 2. The summed E-state index contributed by atoms with van der Waals surface area (Å²) < 4.78 is 0. The smallest absolute Gasteiger partial charge is 0.194 e. The quantitative estimate of drug-likeness (QED) is 0.633. The molecule has 0 radical (unpaired) electrons. The van der Waals surface area contributed by atoms with Crippen LogP contribution in [0.5, 0.6) is 0 Å². The number of anilines is 1. The van der Waals surface area contributed by atoms with Gasteiger partial charge in [0.1, 0.15) is 11.5 Å². The van der Waals surface area contributed by atoms with Crippen LogP contribution in [-0.2, 0) is 0 Å². The van der Waals surface area contributed by atoms with Crippen LogP contribution in [0.3, 0.4) is 0 Å². The van der Waals surface area contributed by atoms with Crippen molar-refractivity contribution in [1.29, 1.82) is 0 Å². The van der Waals surface area contributed by atoms with Gasteiger partial charge in [-0.15, -0.1) is 0 Å². The predicted octanol–water partition coefficient (Wildman–Crippen LogP) is 0.551. The summed E-state index contributed by atoms with van der Waals surface area (Å²) in [6.07, 6.45) is 0. The van der Waals surface area contributed by atoms with Crippen molar-refractivity contribution in [2.24, 2.45) is 5.73 Å². The molecule has 0 aromatic carbocycles. The van der Waals surface area contributed by atoms with Gasteiger partial charge in [-0.05, 0) is 7.05 Å². The van der Waals surface area contributed by atoms with Gasteiger partial charge in [0.05, 0.1) is 6.54 Å². The van der Waals surface area contributed by atoms with E-state index >= 15 is 0 Å². The monoisotopic (exact) mass is 241 g/mol. The number of carbonyl (C=O) groups is 1.